The van der Waals surface area contributed by atoms with Gasteiger partial charge in [-0.25, -0.2) is 8.42 Å². The summed E-state index contributed by atoms with van der Waals surface area (Å²) in [7, 11) is 1.37. The molecular weight excluding hydrogens is 293 g/mol. The Morgan fingerprint density at radius 3 is 2.50 bits per heavy atom. The molecule has 0 bridgehead atoms. The summed E-state index contributed by atoms with van der Waals surface area (Å²) in [5.41, 5.74) is -0.815. The zero-order valence-electron chi connectivity index (χ0n) is 9.08. The Bertz CT molecular complexity index is 499. The molecule has 0 N–H and O–H groups in total. The Kier molecular flexibility index (Phi) is 4.86. The zero-order valence-corrected chi connectivity index (χ0v) is 10.6. The van der Waals surface area contributed by atoms with Gasteiger partial charge in [0.2, 0.25) is 9.05 Å². The van der Waals surface area contributed by atoms with E-state index in [-0.39, 0.29) is 24.5 Å². The van der Waals surface area contributed by atoms with Crippen molar-refractivity contribution < 1.29 is 26.3 Å². The summed E-state index contributed by atoms with van der Waals surface area (Å²) < 4.78 is 63.3. The molecule has 0 atom stereocenters. The number of ether oxygens (including phenoxy) is 1. The number of benzene rings is 1. The average Bonchev–Trinajstić information content (AvgIpc) is 2.22. The van der Waals surface area contributed by atoms with Crippen molar-refractivity contribution in [2.75, 3.05) is 12.4 Å². The lowest BCUT2D eigenvalue weighted by atomic mass is 10.2. The maximum atomic E-state index is 12.4. The second kappa shape index (κ2) is 5.79. The highest BCUT2D eigenvalue weighted by atomic mass is 35.7. The van der Waals surface area contributed by atoms with Gasteiger partial charge in [-0.3, -0.25) is 0 Å². The lowest BCUT2D eigenvalue weighted by Gasteiger charge is -2.09. The van der Waals surface area contributed by atoms with E-state index in [9.17, 15) is 21.6 Å². The standard InChI is InChI=1S/C10H10ClF3O3S/c11-18(15,16)6-2-5-17-9-4-1-3-8(7-9)10(12,13)14/h1,3-4,7H,2,5-6H2. The number of hydrogen-bond acceptors (Lipinski definition) is 3. The molecule has 0 aliphatic rings. The first-order chi connectivity index (χ1) is 8.18. The van der Waals surface area contributed by atoms with Crippen LogP contribution in [0.15, 0.2) is 24.3 Å². The van der Waals surface area contributed by atoms with Gasteiger partial charge in [0.25, 0.3) is 0 Å². The Balaban J connectivity index is 2.53. The lowest BCUT2D eigenvalue weighted by molar-refractivity contribution is -0.137. The van der Waals surface area contributed by atoms with E-state index in [1.54, 1.807) is 0 Å². The summed E-state index contributed by atoms with van der Waals surface area (Å²) >= 11 is 0. The van der Waals surface area contributed by atoms with Crippen LogP contribution in [0.3, 0.4) is 0 Å². The van der Waals surface area contributed by atoms with Crippen molar-refractivity contribution in [2.45, 2.75) is 12.6 Å². The maximum Gasteiger partial charge on any atom is 0.416 e. The van der Waals surface area contributed by atoms with Gasteiger partial charge in [0.15, 0.2) is 0 Å². The maximum absolute atomic E-state index is 12.4. The summed E-state index contributed by atoms with van der Waals surface area (Å²) in [6.45, 7) is -0.0206. The fourth-order valence-electron chi connectivity index (χ4n) is 1.18. The molecule has 0 saturated carbocycles. The molecule has 0 aromatic heterocycles. The summed E-state index contributed by atoms with van der Waals surface area (Å²) in [4.78, 5) is 0. The van der Waals surface area contributed by atoms with Gasteiger partial charge in [-0.15, -0.1) is 0 Å². The highest BCUT2D eigenvalue weighted by molar-refractivity contribution is 8.13. The third-order valence-electron chi connectivity index (χ3n) is 1.96. The van der Waals surface area contributed by atoms with E-state index in [1.807, 2.05) is 0 Å². The minimum Gasteiger partial charge on any atom is -0.494 e. The largest absolute Gasteiger partial charge is 0.494 e. The molecular formula is C10H10ClF3O3S. The molecule has 3 nitrogen and oxygen atoms in total. The third-order valence-corrected chi connectivity index (χ3v) is 3.20. The predicted octanol–water partition coefficient (Wildman–Crippen LogP) is 3.04. The van der Waals surface area contributed by atoms with Crippen LogP contribution >= 0.6 is 10.7 Å². The predicted molar refractivity (Wildman–Crippen MR) is 61.2 cm³/mol. The minimum absolute atomic E-state index is 0.0206. The van der Waals surface area contributed by atoms with Crippen molar-refractivity contribution in [2.24, 2.45) is 0 Å². The molecule has 18 heavy (non-hydrogen) atoms. The smallest absolute Gasteiger partial charge is 0.416 e. The first-order valence-electron chi connectivity index (χ1n) is 4.91. The molecule has 0 saturated heterocycles. The topological polar surface area (TPSA) is 43.4 Å². The van der Waals surface area contributed by atoms with Crippen LogP contribution in [0.2, 0.25) is 0 Å². The fraction of sp³-hybridized carbons (Fsp3) is 0.400. The number of alkyl halides is 3. The van der Waals surface area contributed by atoms with E-state index in [2.05, 4.69) is 0 Å². The molecule has 1 rings (SSSR count). The van der Waals surface area contributed by atoms with Gasteiger partial charge in [-0.1, -0.05) is 6.07 Å². The summed E-state index contributed by atoms with van der Waals surface area (Å²) in [6.07, 6.45) is -4.32. The molecule has 0 fully saturated rings. The van der Waals surface area contributed by atoms with Crippen LogP contribution in [0.25, 0.3) is 0 Å². The van der Waals surface area contributed by atoms with Gasteiger partial charge >= 0.3 is 6.18 Å². The van der Waals surface area contributed by atoms with E-state index < -0.39 is 20.8 Å². The first kappa shape index (κ1) is 15.1. The molecule has 102 valence electrons. The van der Waals surface area contributed by atoms with E-state index in [0.717, 1.165) is 12.1 Å². The van der Waals surface area contributed by atoms with Crippen LogP contribution in [0.4, 0.5) is 13.2 Å². The highest BCUT2D eigenvalue weighted by Gasteiger charge is 2.30. The fourth-order valence-corrected chi connectivity index (χ4v) is 1.97. The molecule has 0 aliphatic carbocycles. The Morgan fingerprint density at radius 1 is 1.28 bits per heavy atom. The molecule has 0 unspecified atom stereocenters. The summed E-state index contributed by atoms with van der Waals surface area (Å²) in [5.74, 6) is -0.246. The van der Waals surface area contributed by atoms with E-state index >= 15 is 0 Å². The Hall–Kier alpha value is -0.950. The molecule has 0 aliphatic heterocycles. The SMILES string of the molecule is O=S(=O)(Cl)CCCOc1cccc(C(F)(F)F)c1. The van der Waals surface area contributed by atoms with Gasteiger partial charge in [-0.05, 0) is 24.6 Å². The van der Waals surface area contributed by atoms with E-state index in [1.165, 1.54) is 12.1 Å². The van der Waals surface area contributed by atoms with Crippen molar-refractivity contribution in [3.8, 4) is 5.75 Å². The van der Waals surface area contributed by atoms with Crippen LogP contribution in [0.1, 0.15) is 12.0 Å². The summed E-state index contributed by atoms with van der Waals surface area (Å²) in [5, 5.41) is 0. The normalized spacial score (nSPS) is 12.4. The van der Waals surface area contributed by atoms with E-state index in [0.29, 0.717) is 0 Å². The molecule has 8 heteroatoms. The monoisotopic (exact) mass is 302 g/mol. The molecule has 0 amide bonds. The van der Waals surface area contributed by atoms with Gasteiger partial charge < -0.3 is 4.74 Å². The van der Waals surface area contributed by atoms with Crippen molar-refractivity contribution in [1.82, 2.24) is 0 Å². The number of hydrogen-bond donors (Lipinski definition) is 0. The Morgan fingerprint density at radius 2 is 1.94 bits per heavy atom. The van der Waals surface area contributed by atoms with Crippen molar-refractivity contribution in [3.63, 3.8) is 0 Å². The van der Waals surface area contributed by atoms with Gasteiger partial charge in [0, 0.05) is 10.7 Å². The minimum atomic E-state index is -4.43. The van der Waals surface area contributed by atoms with Gasteiger partial charge in [-0.2, -0.15) is 13.2 Å². The van der Waals surface area contributed by atoms with Gasteiger partial charge in [0.05, 0.1) is 17.9 Å². The molecule has 1 aromatic rings. The quantitative estimate of drug-likeness (QED) is 0.620. The summed E-state index contributed by atoms with van der Waals surface area (Å²) in [6, 6.07) is 4.37. The van der Waals surface area contributed by atoms with Crippen LogP contribution in [-0.2, 0) is 15.2 Å². The van der Waals surface area contributed by atoms with Crippen molar-refractivity contribution in [1.29, 1.82) is 0 Å². The van der Waals surface area contributed by atoms with Crippen molar-refractivity contribution in [3.05, 3.63) is 29.8 Å². The lowest BCUT2D eigenvalue weighted by Crippen LogP contribution is -2.07. The van der Waals surface area contributed by atoms with Crippen LogP contribution in [-0.4, -0.2) is 20.8 Å². The average molecular weight is 303 g/mol. The van der Waals surface area contributed by atoms with Crippen LogP contribution in [0, 0.1) is 0 Å². The van der Waals surface area contributed by atoms with E-state index in [4.69, 9.17) is 15.4 Å². The second-order valence-electron chi connectivity index (χ2n) is 3.47. The van der Waals surface area contributed by atoms with Crippen LogP contribution < -0.4 is 4.74 Å². The molecule has 0 heterocycles. The van der Waals surface area contributed by atoms with Crippen LogP contribution in [0.5, 0.6) is 5.75 Å². The molecule has 1 aromatic carbocycles. The third kappa shape index (κ3) is 5.59. The molecule has 0 spiro atoms. The number of rotatable bonds is 5. The second-order valence-corrected chi connectivity index (χ2v) is 6.37. The van der Waals surface area contributed by atoms with Crippen molar-refractivity contribution >= 4 is 19.7 Å². The first-order valence-corrected chi connectivity index (χ1v) is 7.39. The number of halogens is 4. The zero-order chi connectivity index (χ0) is 13.8. The Labute approximate surface area is 107 Å². The highest BCUT2D eigenvalue weighted by Crippen LogP contribution is 2.31. The molecule has 0 radical (unpaired) electrons. The van der Waals surface area contributed by atoms with Gasteiger partial charge in [0.1, 0.15) is 5.75 Å².